The van der Waals surface area contributed by atoms with E-state index in [1.165, 1.54) is 38.5 Å². The summed E-state index contributed by atoms with van der Waals surface area (Å²) in [5.41, 5.74) is 0. The van der Waals surface area contributed by atoms with Gasteiger partial charge in [-0.05, 0) is 0 Å². The number of rotatable bonds is 9. The summed E-state index contributed by atoms with van der Waals surface area (Å²) >= 11 is -1.65. The van der Waals surface area contributed by atoms with Gasteiger partial charge >= 0.3 is 97.3 Å². The molecule has 0 radical (unpaired) electrons. The van der Waals surface area contributed by atoms with Crippen molar-refractivity contribution in [2.45, 2.75) is 72.6 Å². The van der Waals surface area contributed by atoms with Crippen molar-refractivity contribution in [1.29, 1.82) is 0 Å². The second-order valence-electron chi connectivity index (χ2n) is 4.67. The van der Waals surface area contributed by atoms with E-state index in [0.29, 0.717) is 0 Å². The van der Waals surface area contributed by atoms with Crippen molar-refractivity contribution in [2.75, 3.05) is 0 Å². The van der Waals surface area contributed by atoms with Gasteiger partial charge in [-0.15, -0.1) is 0 Å². The van der Waals surface area contributed by atoms with Crippen LogP contribution in [0.2, 0.25) is 13.3 Å². The zero-order valence-corrected chi connectivity index (χ0v) is 14.5. The molecule has 0 nitrogen and oxygen atoms in total. The van der Waals surface area contributed by atoms with Crippen molar-refractivity contribution in [1.82, 2.24) is 0 Å². The zero-order valence-electron chi connectivity index (χ0n) is 10.4. The fourth-order valence-electron chi connectivity index (χ4n) is 1.96. The minimum absolute atomic E-state index is 1.39. The summed E-state index contributed by atoms with van der Waals surface area (Å²) in [5.74, 6) is 0. The normalized spacial score (nSPS) is 12.0. The molecule has 0 N–H and O–H groups in total. The predicted octanol–water partition coefficient (Wildman–Crippen LogP) is 5.21. The molecular formula is C12H29PSn. The Kier molecular flexibility index (Phi) is 10.3. The molecule has 0 saturated heterocycles. The summed E-state index contributed by atoms with van der Waals surface area (Å²) in [6, 6.07) is 0. The summed E-state index contributed by atoms with van der Waals surface area (Å²) in [6.07, 6.45) is 8.66. The molecule has 0 heterocycles. The standard InChI is InChI=1S/3C4H9.H2P.Sn/c3*1-3-4-2;;/h3*1,3-4H2,2H3;1H2;/q;;;-1;+1. The second-order valence-corrected chi connectivity index (χ2v) is 24.9. The number of unbranched alkanes of at least 4 members (excludes halogenated alkanes) is 3. The molecule has 0 fully saturated rings. The molecule has 0 aromatic carbocycles. The Hall–Kier alpha value is 1.23. The maximum atomic E-state index is 3.38. The van der Waals surface area contributed by atoms with E-state index < -0.39 is 17.8 Å². The third-order valence-corrected chi connectivity index (χ3v) is 20.4. The van der Waals surface area contributed by atoms with Crippen molar-refractivity contribution in [2.24, 2.45) is 0 Å². The minimum atomic E-state index is -1.65. The van der Waals surface area contributed by atoms with Crippen molar-refractivity contribution in [3.05, 3.63) is 0 Å². The van der Waals surface area contributed by atoms with Gasteiger partial charge < -0.3 is 0 Å². The molecule has 0 spiro atoms. The van der Waals surface area contributed by atoms with Crippen LogP contribution in [0.15, 0.2) is 0 Å². The van der Waals surface area contributed by atoms with Gasteiger partial charge in [-0.3, -0.25) is 0 Å². The molecule has 14 heavy (non-hydrogen) atoms. The van der Waals surface area contributed by atoms with Crippen LogP contribution in [0.1, 0.15) is 59.3 Å². The molecule has 0 saturated carbocycles. The first kappa shape index (κ1) is 15.2. The Morgan fingerprint density at radius 2 is 1.00 bits per heavy atom. The quantitative estimate of drug-likeness (QED) is 0.404. The van der Waals surface area contributed by atoms with E-state index in [4.69, 9.17) is 0 Å². The van der Waals surface area contributed by atoms with E-state index >= 15 is 0 Å². The van der Waals surface area contributed by atoms with Crippen molar-refractivity contribution < 1.29 is 0 Å². The maximum absolute atomic E-state index is 3.38. The molecule has 86 valence electrons. The molecule has 0 aliphatic rings. The molecule has 0 aromatic heterocycles. The van der Waals surface area contributed by atoms with E-state index in [-0.39, 0.29) is 0 Å². The van der Waals surface area contributed by atoms with E-state index in [9.17, 15) is 0 Å². The molecular weight excluding hydrogens is 294 g/mol. The Balaban J connectivity index is 3.89. The summed E-state index contributed by atoms with van der Waals surface area (Å²) in [7, 11) is 0. The van der Waals surface area contributed by atoms with Gasteiger partial charge in [0.25, 0.3) is 0 Å². The fourth-order valence-corrected chi connectivity index (χ4v) is 17.3. The average Bonchev–Trinajstić information content (AvgIpc) is 2.21. The molecule has 1 unspecified atom stereocenters. The van der Waals surface area contributed by atoms with Gasteiger partial charge in [0.15, 0.2) is 0 Å². The molecule has 0 aliphatic heterocycles. The Labute approximate surface area is 97.0 Å². The van der Waals surface area contributed by atoms with Crippen molar-refractivity contribution in [3.63, 3.8) is 0 Å². The summed E-state index contributed by atoms with van der Waals surface area (Å²) in [4.78, 5) is 0. The molecule has 2 heteroatoms. The molecule has 0 aliphatic carbocycles. The SMILES string of the molecule is CCC[CH2][Sn]([PH2])([CH2]CCC)[CH2]CCC. The van der Waals surface area contributed by atoms with Crippen molar-refractivity contribution >= 4 is 24.7 Å². The van der Waals surface area contributed by atoms with E-state index in [2.05, 4.69) is 27.7 Å². The van der Waals surface area contributed by atoms with Gasteiger partial charge in [0, 0.05) is 0 Å². The summed E-state index contributed by atoms with van der Waals surface area (Å²) in [6.45, 7) is 10.4. The van der Waals surface area contributed by atoms with Gasteiger partial charge in [0.1, 0.15) is 0 Å². The first-order chi connectivity index (χ1) is 6.68. The topological polar surface area (TPSA) is 0 Å². The second kappa shape index (κ2) is 9.45. The summed E-state index contributed by atoms with van der Waals surface area (Å²) < 4.78 is 4.86. The van der Waals surface area contributed by atoms with Crippen LogP contribution in [0, 0.1) is 0 Å². The Morgan fingerprint density at radius 3 is 1.21 bits per heavy atom. The van der Waals surface area contributed by atoms with Gasteiger partial charge in [-0.25, -0.2) is 0 Å². The van der Waals surface area contributed by atoms with Gasteiger partial charge in [-0.2, -0.15) is 0 Å². The van der Waals surface area contributed by atoms with Crippen LogP contribution in [0.3, 0.4) is 0 Å². The molecule has 0 aromatic rings. The van der Waals surface area contributed by atoms with Gasteiger partial charge in [0.2, 0.25) is 0 Å². The molecule has 1 atom stereocenters. The van der Waals surface area contributed by atoms with Crippen LogP contribution in [0.4, 0.5) is 0 Å². The fraction of sp³-hybridized carbons (Fsp3) is 1.00. The predicted molar refractivity (Wildman–Crippen MR) is 74.6 cm³/mol. The van der Waals surface area contributed by atoms with Crippen LogP contribution in [-0.2, 0) is 0 Å². The van der Waals surface area contributed by atoms with Gasteiger partial charge in [0.05, 0.1) is 0 Å². The van der Waals surface area contributed by atoms with Crippen LogP contribution in [-0.4, -0.2) is 17.8 Å². The van der Waals surface area contributed by atoms with Crippen LogP contribution < -0.4 is 0 Å². The van der Waals surface area contributed by atoms with E-state index in [0.717, 1.165) is 0 Å². The first-order valence-electron chi connectivity index (χ1n) is 6.47. The van der Waals surface area contributed by atoms with Crippen LogP contribution >= 0.6 is 6.89 Å². The van der Waals surface area contributed by atoms with Crippen LogP contribution in [0.5, 0.6) is 0 Å². The first-order valence-corrected chi connectivity index (χ1v) is 18.0. The van der Waals surface area contributed by atoms with Crippen molar-refractivity contribution in [3.8, 4) is 0 Å². The molecule has 0 amide bonds. The zero-order chi connectivity index (χ0) is 10.9. The van der Waals surface area contributed by atoms with Gasteiger partial charge in [-0.1, -0.05) is 0 Å². The Morgan fingerprint density at radius 1 is 0.714 bits per heavy atom. The Bertz CT molecular complexity index is 104. The number of hydrogen-bond donors (Lipinski definition) is 0. The third-order valence-electron chi connectivity index (χ3n) is 3.08. The van der Waals surface area contributed by atoms with Crippen LogP contribution in [0.25, 0.3) is 0 Å². The van der Waals surface area contributed by atoms with E-state index in [1.807, 2.05) is 0 Å². The number of hydrogen-bond acceptors (Lipinski definition) is 0. The monoisotopic (exact) mass is 324 g/mol. The molecule has 0 rings (SSSR count). The molecule has 0 bridgehead atoms. The van der Waals surface area contributed by atoms with E-state index in [1.54, 1.807) is 13.3 Å². The third kappa shape index (κ3) is 7.51. The average molecular weight is 323 g/mol. The summed E-state index contributed by atoms with van der Waals surface area (Å²) in [5, 5.41) is 0.